The Morgan fingerprint density at radius 2 is 2.17 bits per heavy atom. The summed E-state index contributed by atoms with van der Waals surface area (Å²) in [7, 11) is 0. The number of fused-ring (bicyclic) bond motifs is 1. The van der Waals surface area contributed by atoms with Crippen LogP contribution in [-0.4, -0.2) is 25.7 Å². The quantitative estimate of drug-likeness (QED) is 0.839. The first-order valence-electron chi connectivity index (χ1n) is 6.87. The molecule has 18 heavy (non-hydrogen) atoms. The summed E-state index contributed by atoms with van der Waals surface area (Å²) in [5.41, 5.74) is 7.13. The van der Waals surface area contributed by atoms with Crippen molar-refractivity contribution < 1.29 is 4.74 Å². The Bertz CT molecular complexity index is 379. The molecular weight excluding hydrogens is 224 g/mol. The Morgan fingerprint density at radius 1 is 1.39 bits per heavy atom. The number of hydrogen-bond donors (Lipinski definition) is 2. The Kier molecular flexibility index (Phi) is 4.61. The monoisotopic (exact) mass is 248 g/mol. The second-order valence-corrected chi connectivity index (χ2v) is 5.37. The van der Waals surface area contributed by atoms with Gasteiger partial charge in [0.05, 0.1) is 6.61 Å². The fourth-order valence-electron chi connectivity index (χ4n) is 2.51. The lowest BCUT2D eigenvalue weighted by molar-refractivity contribution is 0.259. The third-order valence-corrected chi connectivity index (χ3v) is 3.77. The molecule has 0 bridgehead atoms. The van der Waals surface area contributed by atoms with Gasteiger partial charge < -0.3 is 15.8 Å². The molecule has 3 heteroatoms. The maximum absolute atomic E-state index is 5.80. The predicted octanol–water partition coefficient (Wildman–Crippen LogP) is 2.13. The Balaban J connectivity index is 1.99. The topological polar surface area (TPSA) is 47.3 Å². The molecular formula is C15H24N2O. The van der Waals surface area contributed by atoms with Crippen molar-refractivity contribution in [1.82, 2.24) is 5.32 Å². The van der Waals surface area contributed by atoms with Gasteiger partial charge in [0.15, 0.2) is 0 Å². The standard InChI is InChI=1S/C15H24N2O/c1-11(2)14(9-16)17-10-12-7-8-18-15-6-4-3-5-13(12)15/h3-6,11-12,14,17H,7-10,16H2,1-2H3. The molecule has 2 atom stereocenters. The van der Waals surface area contributed by atoms with Crippen LogP contribution in [0.3, 0.4) is 0 Å². The zero-order valence-electron chi connectivity index (χ0n) is 11.4. The summed E-state index contributed by atoms with van der Waals surface area (Å²) >= 11 is 0. The average Bonchev–Trinajstić information content (AvgIpc) is 2.39. The molecule has 0 aromatic heterocycles. The molecule has 1 heterocycles. The number of hydrogen-bond acceptors (Lipinski definition) is 3. The van der Waals surface area contributed by atoms with Crippen LogP contribution in [0, 0.1) is 5.92 Å². The molecule has 100 valence electrons. The van der Waals surface area contributed by atoms with Crippen LogP contribution in [0.15, 0.2) is 24.3 Å². The minimum absolute atomic E-state index is 0.403. The van der Waals surface area contributed by atoms with Crippen molar-refractivity contribution in [3.8, 4) is 5.75 Å². The van der Waals surface area contributed by atoms with Crippen molar-refractivity contribution in [2.75, 3.05) is 19.7 Å². The third-order valence-electron chi connectivity index (χ3n) is 3.77. The summed E-state index contributed by atoms with van der Waals surface area (Å²) in [5.74, 6) is 2.16. The minimum Gasteiger partial charge on any atom is -0.493 e. The highest BCUT2D eigenvalue weighted by molar-refractivity contribution is 5.37. The van der Waals surface area contributed by atoms with Gasteiger partial charge in [-0.1, -0.05) is 32.0 Å². The fourth-order valence-corrected chi connectivity index (χ4v) is 2.51. The number of rotatable bonds is 5. The summed E-state index contributed by atoms with van der Waals surface area (Å²) in [4.78, 5) is 0. The van der Waals surface area contributed by atoms with Crippen molar-refractivity contribution >= 4 is 0 Å². The molecule has 0 amide bonds. The van der Waals surface area contributed by atoms with Gasteiger partial charge in [-0.3, -0.25) is 0 Å². The van der Waals surface area contributed by atoms with Crippen LogP contribution < -0.4 is 15.8 Å². The molecule has 1 aromatic rings. The molecule has 1 aliphatic heterocycles. The van der Waals surface area contributed by atoms with E-state index in [2.05, 4.69) is 37.4 Å². The smallest absolute Gasteiger partial charge is 0.122 e. The van der Waals surface area contributed by atoms with Crippen molar-refractivity contribution in [3.63, 3.8) is 0 Å². The molecule has 0 radical (unpaired) electrons. The molecule has 0 saturated carbocycles. The van der Waals surface area contributed by atoms with Crippen molar-refractivity contribution in [1.29, 1.82) is 0 Å². The molecule has 1 aliphatic rings. The highest BCUT2D eigenvalue weighted by Gasteiger charge is 2.22. The normalized spacial score (nSPS) is 20.3. The molecule has 0 spiro atoms. The van der Waals surface area contributed by atoms with Crippen LogP contribution >= 0.6 is 0 Å². The highest BCUT2D eigenvalue weighted by Crippen LogP contribution is 2.32. The zero-order chi connectivity index (χ0) is 13.0. The lowest BCUT2D eigenvalue weighted by Crippen LogP contribution is -2.42. The number of ether oxygens (including phenoxy) is 1. The van der Waals surface area contributed by atoms with Gasteiger partial charge in [0.1, 0.15) is 5.75 Å². The largest absolute Gasteiger partial charge is 0.493 e. The molecule has 3 nitrogen and oxygen atoms in total. The maximum Gasteiger partial charge on any atom is 0.122 e. The summed E-state index contributed by atoms with van der Waals surface area (Å²) in [6.07, 6.45) is 1.08. The van der Waals surface area contributed by atoms with Crippen LogP contribution in [0.4, 0.5) is 0 Å². The van der Waals surface area contributed by atoms with E-state index in [1.54, 1.807) is 0 Å². The van der Waals surface area contributed by atoms with E-state index >= 15 is 0 Å². The first kappa shape index (κ1) is 13.4. The molecule has 2 unspecified atom stereocenters. The van der Waals surface area contributed by atoms with Gasteiger partial charge in [0, 0.05) is 25.0 Å². The molecule has 2 rings (SSSR count). The molecule has 0 fully saturated rings. The van der Waals surface area contributed by atoms with Crippen LogP contribution in [0.1, 0.15) is 31.7 Å². The SMILES string of the molecule is CC(C)C(CN)NCC1CCOc2ccccc21. The number of nitrogens with two attached hydrogens (primary N) is 1. The van der Waals surface area contributed by atoms with Gasteiger partial charge >= 0.3 is 0 Å². The average molecular weight is 248 g/mol. The summed E-state index contributed by atoms with van der Waals surface area (Å²) in [6.45, 7) is 6.92. The number of benzene rings is 1. The van der Waals surface area contributed by atoms with Crippen LogP contribution in [0.2, 0.25) is 0 Å². The number of nitrogens with one attached hydrogen (secondary N) is 1. The number of para-hydroxylation sites is 1. The van der Waals surface area contributed by atoms with E-state index in [9.17, 15) is 0 Å². The lowest BCUT2D eigenvalue weighted by Gasteiger charge is -2.29. The van der Waals surface area contributed by atoms with Gasteiger partial charge in [-0.2, -0.15) is 0 Å². The van der Waals surface area contributed by atoms with Crippen LogP contribution in [-0.2, 0) is 0 Å². The van der Waals surface area contributed by atoms with Gasteiger partial charge in [-0.15, -0.1) is 0 Å². The fraction of sp³-hybridized carbons (Fsp3) is 0.600. The Hall–Kier alpha value is -1.06. The van der Waals surface area contributed by atoms with Crippen molar-refractivity contribution in [3.05, 3.63) is 29.8 Å². The van der Waals surface area contributed by atoms with Gasteiger partial charge in [-0.05, 0) is 24.0 Å². The third kappa shape index (κ3) is 3.03. The molecule has 1 aromatic carbocycles. The van der Waals surface area contributed by atoms with Crippen molar-refractivity contribution in [2.24, 2.45) is 11.7 Å². The van der Waals surface area contributed by atoms with E-state index in [1.807, 2.05) is 6.07 Å². The van der Waals surface area contributed by atoms with Gasteiger partial charge in [-0.25, -0.2) is 0 Å². The molecule has 0 saturated heterocycles. The van der Waals surface area contributed by atoms with Crippen molar-refractivity contribution in [2.45, 2.75) is 32.2 Å². The van der Waals surface area contributed by atoms with E-state index in [0.29, 0.717) is 24.4 Å². The second-order valence-electron chi connectivity index (χ2n) is 5.37. The van der Waals surface area contributed by atoms with E-state index < -0.39 is 0 Å². The molecule has 0 aliphatic carbocycles. The van der Waals surface area contributed by atoms with Crippen LogP contribution in [0.5, 0.6) is 5.75 Å². The molecule has 3 N–H and O–H groups in total. The summed E-state index contributed by atoms with van der Waals surface area (Å²) in [6, 6.07) is 8.76. The Labute approximate surface area is 110 Å². The van der Waals surface area contributed by atoms with E-state index in [4.69, 9.17) is 10.5 Å². The van der Waals surface area contributed by atoms with E-state index in [-0.39, 0.29) is 0 Å². The van der Waals surface area contributed by atoms with Gasteiger partial charge in [0.2, 0.25) is 0 Å². The minimum atomic E-state index is 0.403. The summed E-state index contributed by atoms with van der Waals surface area (Å²) in [5, 5.41) is 3.60. The van der Waals surface area contributed by atoms with E-state index in [0.717, 1.165) is 25.3 Å². The Morgan fingerprint density at radius 3 is 2.89 bits per heavy atom. The van der Waals surface area contributed by atoms with Crippen LogP contribution in [0.25, 0.3) is 0 Å². The zero-order valence-corrected chi connectivity index (χ0v) is 11.4. The lowest BCUT2D eigenvalue weighted by atomic mass is 9.92. The van der Waals surface area contributed by atoms with Gasteiger partial charge in [0.25, 0.3) is 0 Å². The predicted molar refractivity (Wildman–Crippen MR) is 75.0 cm³/mol. The summed E-state index contributed by atoms with van der Waals surface area (Å²) < 4.78 is 5.68. The highest BCUT2D eigenvalue weighted by atomic mass is 16.5. The first-order valence-corrected chi connectivity index (χ1v) is 6.87. The first-order chi connectivity index (χ1) is 8.72. The maximum atomic E-state index is 5.80. The van der Waals surface area contributed by atoms with E-state index in [1.165, 1.54) is 5.56 Å². The second kappa shape index (κ2) is 6.21.